The second-order valence-corrected chi connectivity index (χ2v) is 9.67. The van der Waals surface area contributed by atoms with Gasteiger partial charge in [-0.05, 0) is 18.2 Å². The lowest BCUT2D eigenvalue weighted by molar-refractivity contribution is -0.0437. The normalized spacial score (nSPS) is 12.9. The van der Waals surface area contributed by atoms with Gasteiger partial charge in [-0.3, -0.25) is 0 Å². The third-order valence-electron chi connectivity index (χ3n) is 3.10. The lowest BCUT2D eigenvalue weighted by atomic mass is 10.1. The first-order valence-corrected chi connectivity index (χ1v) is 10.8. The molecule has 1 heterocycles. The summed E-state index contributed by atoms with van der Waals surface area (Å²) in [6, 6.07) is 3.42. The second kappa shape index (κ2) is 7.08. The van der Waals surface area contributed by atoms with Crippen molar-refractivity contribution in [2.75, 3.05) is 13.4 Å². The average molecular weight is 465 g/mol. The van der Waals surface area contributed by atoms with Gasteiger partial charge < -0.3 is 4.74 Å². The van der Waals surface area contributed by atoms with E-state index < -0.39 is 46.8 Å². The highest BCUT2D eigenvalue weighted by molar-refractivity contribution is 7.92. The van der Waals surface area contributed by atoms with Gasteiger partial charge in [0.2, 0.25) is 15.7 Å². The van der Waals surface area contributed by atoms with E-state index in [1.54, 1.807) is 0 Å². The van der Waals surface area contributed by atoms with Crippen LogP contribution in [0.2, 0.25) is 10.0 Å². The molecule has 0 saturated carbocycles. The molecule has 27 heavy (non-hydrogen) atoms. The van der Waals surface area contributed by atoms with E-state index in [0.717, 1.165) is 19.2 Å². The Balaban J connectivity index is 3.07. The molecule has 0 saturated heterocycles. The third-order valence-corrected chi connectivity index (χ3v) is 6.01. The summed E-state index contributed by atoms with van der Waals surface area (Å²) in [6.07, 6.45) is 0.687. The molecule has 2 rings (SSSR count). The zero-order chi connectivity index (χ0) is 20.8. The lowest BCUT2D eigenvalue weighted by Crippen LogP contribution is -2.26. The molecule has 0 radical (unpaired) electrons. The van der Waals surface area contributed by atoms with E-state index in [0.29, 0.717) is 6.26 Å². The molecule has 0 bridgehead atoms. The molecule has 0 fully saturated rings. The predicted molar refractivity (Wildman–Crippen MR) is 90.4 cm³/mol. The topological polar surface area (TPSA) is 103 Å². The molecule has 148 valence electrons. The summed E-state index contributed by atoms with van der Waals surface area (Å²) in [5, 5.41) is -1.10. The molecule has 1 aromatic carbocycles. The number of rotatable bonds is 4. The number of hydrogen-bond donors (Lipinski definition) is 0. The van der Waals surface area contributed by atoms with Crippen molar-refractivity contribution in [2.45, 2.75) is 15.6 Å². The van der Waals surface area contributed by atoms with E-state index in [9.17, 15) is 30.0 Å². The summed E-state index contributed by atoms with van der Waals surface area (Å²) in [4.78, 5) is 5.35. The van der Waals surface area contributed by atoms with Gasteiger partial charge >= 0.3 is 5.51 Å². The first-order valence-electron chi connectivity index (χ1n) is 6.63. The molecule has 2 aromatic rings. The minimum absolute atomic E-state index is 0.105. The van der Waals surface area contributed by atoms with Crippen LogP contribution < -0.4 is 4.74 Å². The van der Waals surface area contributed by atoms with Gasteiger partial charge in [0.15, 0.2) is 4.90 Å². The van der Waals surface area contributed by atoms with Crippen molar-refractivity contribution in [3.05, 3.63) is 28.2 Å². The van der Waals surface area contributed by atoms with E-state index >= 15 is 0 Å². The van der Waals surface area contributed by atoms with Crippen LogP contribution in [-0.2, 0) is 19.7 Å². The minimum atomic E-state index is -6.02. The minimum Gasteiger partial charge on any atom is -0.480 e. The number of aromatic nitrogens is 2. The first-order chi connectivity index (χ1) is 12.2. The summed E-state index contributed by atoms with van der Waals surface area (Å²) in [6.45, 7) is 0. The summed E-state index contributed by atoms with van der Waals surface area (Å²) in [5.74, 6) is -1.09. The van der Waals surface area contributed by atoms with Gasteiger partial charge in [0.25, 0.3) is 15.0 Å². The monoisotopic (exact) mass is 464 g/mol. The maximum atomic E-state index is 13.2. The zero-order valence-corrected chi connectivity index (χ0v) is 16.5. The lowest BCUT2D eigenvalue weighted by Gasteiger charge is -2.16. The summed E-state index contributed by atoms with van der Waals surface area (Å²) in [7, 11) is -9.33. The largest absolute Gasteiger partial charge is 0.502 e. The fourth-order valence-electron chi connectivity index (χ4n) is 1.94. The van der Waals surface area contributed by atoms with Gasteiger partial charge in [0.05, 0.1) is 17.8 Å². The van der Waals surface area contributed by atoms with E-state index in [1.807, 2.05) is 0 Å². The van der Waals surface area contributed by atoms with Crippen molar-refractivity contribution in [1.29, 1.82) is 0 Å². The van der Waals surface area contributed by atoms with Crippen LogP contribution in [0.1, 0.15) is 0 Å². The Labute approximate surface area is 161 Å². The molecular formula is C13H9Cl2F3N2O5S2. The average Bonchev–Trinajstić information content (AvgIpc) is 2.51. The number of alkyl halides is 3. The maximum absolute atomic E-state index is 13.2. The van der Waals surface area contributed by atoms with Gasteiger partial charge in [0, 0.05) is 16.8 Å². The molecule has 0 aliphatic carbocycles. The molecule has 0 N–H and O–H groups in total. The van der Waals surface area contributed by atoms with Gasteiger partial charge in [-0.2, -0.15) is 18.2 Å². The van der Waals surface area contributed by atoms with Crippen molar-refractivity contribution in [3.63, 3.8) is 0 Å². The number of hydrogen-bond acceptors (Lipinski definition) is 7. The van der Waals surface area contributed by atoms with Crippen molar-refractivity contribution in [2.24, 2.45) is 0 Å². The predicted octanol–water partition coefficient (Wildman–Crippen LogP) is 3.16. The Kier molecular flexibility index (Phi) is 5.68. The van der Waals surface area contributed by atoms with Crippen LogP contribution in [0.25, 0.3) is 11.3 Å². The molecule has 0 spiro atoms. The fraction of sp³-hybridized carbons (Fsp3) is 0.231. The van der Waals surface area contributed by atoms with Crippen LogP contribution in [0.5, 0.6) is 5.88 Å². The van der Waals surface area contributed by atoms with E-state index in [2.05, 4.69) is 14.7 Å². The number of sulfone groups is 2. The molecule has 1 aromatic heterocycles. The van der Waals surface area contributed by atoms with Gasteiger partial charge in [-0.1, -0.05) is 23.2 Å². The Bertz CT molecular complexity index is 1120. The standard InChI is InChI=1S/C13H9Cl2F3N2O5S2/c1-25-11-10(27(23,24)13(16,17)18)9(19-12(20-11)26(2,21)22)7-4-3-6(14)5-8(7)15/h3-5H,1-2H3. The molecule has 0 unspecified atom stereocenters. The van der Waals surface area contributed by atoms with Crippen molar-refractivity contribution in [1.82, 2.24) is 9.97 Å². The Morgan fingerprint density at radius 2 is 1.67 bits per heavy atom. The van der Waals surface area contributed by atoms with Crippen LogP contribution in [-0.4, -0.2) is 45.7 Å². The highest BCUT2D eigenvalue weighted by Crippen LogP contribution is 2.42. The first kappa shape index (κ1) is 21.7. The van der Waals surface area contributed by atoms with E-state index in [-0.39, 0.29) is 15.6 Å². The maximum Gasteiger partial charge on any atom is 0.502 e. The summed E-state index contributed by atoms with van der Waals surface area (Å²) >= 11 is 11.7. The van der Waals surface area contributed by atoms with Crippen LogP contribution in [0.4, 0.5) is 13.2 Å². The number of ether oxygens (including phenoxy) is 1. The molecule has 0 amide bonds. The third kappa shape index (κ3) is 4.13. The Hall–Kier alpha value is -1.63. The summed E-state index contributed by atoms with van der Waals surface area (Å²) in [5.41, 5.74) is -6.93. The number of halogens is 5. The number of nitrogens with zero attached hydrogens (tertiary/aromatic N) is 2. The smallest absolute Gasteiger partial charge is 0.480 e. The van der Waals surface area contributed by atoms with Gasteiger partial charge in [-0.15, -0.1) is 0 Å². The molecule has 0 aliphatic rings. The van der Waals surface area contributed by atoms with Crippen LogP contribution >= 0.6 is 23.2 Å². The Morgan fingerprint density at radius 1 is 1.07 bits per heavy atom. The zero-order valence-electron chi connectivity index (χ0n) is 13.4. The van der Waals surface area contributed by atoms with Crippen LogP contribution in [0, 0.1) is 0 Å². The van der Waals surface area contributed by atoms with Crippen molar-refractivity contribution < 1.29 is 34.7 Å². The number of benzene rings is 1. The highest BCUT2D eigenvalue weighted by Gasteiger charge is 2.51. The molecule has 14 heteroatoms. The SMILES string of the molecule is COc1nc(S(C)(=O)=O)nc(-c2ccc(Cl)cc2Cl)c1S(=O)(=O)C(F)(F)F. The quantitative estimate of drug-likeness (QED) is 0.639. The van der Waals surface area contributed by atoms with E-state index in [4.69, 9.17) is 23.2 Å². The van der Waals surface area contributed by atoms with Crippen LogP contribution in [0.3, 0.4) is 0 Å². The molecule has 0 atom stereocenters. The fourth-order valence-corrected chi connectivity index (χ4v) is 3.94. The molecule has 7 nitrogen and oxygen atoms in total. The molecular weight excluding hydrogens is 456 g/mol. The summed E-state index contributed by atoms with van der Waals surface area (Å²) < 4.78 is 91.8. The second-order valence-electron chi connectivity index (χ2n) is 5.04. The van der Waals surface area contributed by atoms with Crippen molar-refractivity contribution >= 4 is 42.9 Å². The van der Waals surface area contributed by atoms with Gasteiger partial charge in [-0.25, -0.2) is 21.8 Å². The van der Waals surface area contributed by atoms with Gasteiger partial charge in [0.1, 0.15) is 0 Å². The van der Waals surface area contributed by atoms with E-state index in [1.165, 1.54) is 6.07 Å². The molecule has 0 aliphatic heterocycles. The highest BCUT2D eigenvalue weighted by atomic mass is 35.5. The Morgan fingerprint density at radius 3 is 2.11 bits per heavy atom. The number of methoxy groups -OCH3 is 1. The van der Waals surface area contributed by atoms with Crippen LogP contribution in [0.15, 0.2) is 28.3 Å². The van der Waals surface area contributed by atoms with Crippen molar-refractivity contribution in [3.8, 4) is 17.1 Å².